The number of rotatable bonds is 1. The second-order valence-electron chi connectivity index (χ2n) is 4.60. The lowest BCUT2D eigenvalue weighted by atomic mass is 10.0. The van der Waals surface area contributed by atoms with Crippen molar-refractivity contribution < 1.29 is 0 Å². The van der Waals surface area contributed by atoms with E-state index in [1.54, 1.807) is 0 Å². The maximum atomic E-state index is 3.31. The smallest absolute Gasteiger partial charge is 0.0462 e. The van der Waals surface area contributed by atoms with Gasteiger partial charge in [-0.25, -0.2) is 0 Å². The van der Waals surface area contributed by atoms with Gasteiger partial charge in [0.05, 0.1) is 0 Å². The summed E-state index contributed by atoms with van der Waals surface area (Å²) in [5, 5.41) is 1.31. The Labute approximate surface area is 101 Å². The molecule has 0 fully saturated rings. The van der Waals surface area contributed by atoms with Crippen LogP contribution in [-0.2, 0) is 0 Å². The minimum Gasteiger partial charge on any atom is -0.361 e. The van der Waals surface area contributed by atoms with E-state index in [1.807, 2.05) is 0 Å². The van der Waals surface area contributed by atoms with Crippen LogP contribution in [-0.4, -0.2) is 4.98 Å². The number of nitrogens with one attached hydrogen (secondary N) is 1. The van der Waals surface area contributed by atoms with Crippen LogP contribution in [0, 0.1) is 13.8 Å². The Morgan fingerprint density at radius 3 is 2.53 bits per heavy atom. The van der Waals surface area contributed by atoms with Gasteiger partial charge in [-0.05, 0) is 36.6 Å². The fraction of sp³-hybridized carbons (Fsp3) is 0.125. The van der Waals surface area contributed by atoms with Gasteiger partial charge < -0.3 is 4.98 Å². The number of hydrogen-bond donors (Lipinski definition) is 1. The number of aryl methyl sites for hydroxylation is 2. The van der Waals surface area contributed by atoms with Gasteiger partial charge in [-0.15, -0.1) is 0 Å². The van der Waals surface area contributed by atoms with Gasteiger partial charge in [0.1, 0.15) is 0 Å². The van der Waals surface area contributed by atoms with Crippen LogP contribution in [0.4, 0.5) is 0 Å². The molecule has 0 atom stereocenters. The summed E-state index contributed by atoms with van der Waals surface area (Å²) in [7, 11) is 0. The zero-order chi connectivity index (χ0) is 11.8. The molecular formula is C16H15N. The van der Waals surface area contributed by atoms with Crippen LogP contribution >= 0.6 is 0 Å². The van der Waals surface area contributed by atoms with Gasteiger partial charge in [-0.3, -0.25) is 0 Å². The van der Waals surface area contributed by atoms with Crippen molar-refractivity contribution in [1.82, 2.24) is 4.98 Å². The highest BCUT2D eigenvalue weighted by atomic mass is 14.7. The molecule has 2 aromatic carbocycles. The molecule has 1 aromatic heterocycles. The summed E-state index contributed by atoms with van der Waals surface area (Å²) in [5.74, 6) is 0. The van der Waals surface area contributed by atoms with Crippen molar-refractivity contribution in [3.63, 3.8) is 0 Å². The third-order valence-electron chi connectivity index (χ3n) is 3.24. The zero-order valence-electron chi connectivity index (χ0n) is 10.1. The second-order valence-corrected chi connectivity index (χ2v) is 4.60. The molecule has 1 N–H and O–H groups in total. The number of H-pyrrole nitrogens is 1. The van der Waals surface area contributed by atoms with Crippen LogP contribution in [0.2, 0.25) is 0 Å². The summed E-state index contributed by atoms with van der Waals surface area (Å²) in [4.78, 5) is 3.31. The van der Waals surface area contributed by atoms with E-state index in [0.717, 1.165) is 0 Å². The molecule has 0 aliphatic carbocycles. The van der Waals surface area contributed by atoms with Crippen molar-refractivity contribution in [2.45, 2.75) is 13.8 Å². The van der Waals surface area contributed by atoms with Crippen LogP contribution in [0.3, 0.4) is 0 Å². The Kier molecular flexibility index (Phi) is 2.25. The molecule has 0 unspecified atom stereocenters. The predicted molar refractivity (Wildman–Crippen MR) is 73.2 cm³/mol. The summed E-state index contributed by atoms with van der Waals surface area (Å²) >= 11 is 0. The van der Waals surface area contributed by atoms with Gasteiger partial charge in [0, 0.05) is 17.1 Å². The Hall–Kier alpha value is -2.02. The summed E-state index contributed by atoms with van der Waals surface area (Å²) in [6.45, 7) is 4.26. The first-order valence-corrected chi connectivity index (χ1v) is 5.89. The Morgan fingerprint density at radius 1 is 0.882 bits per heavy atom. The molecule has 17 heavy (non-hydrogen) atoms. The fourth-order valence-electron chi connectivity index (χ4n) is 2.28. The lowest BCUT2D eigenvalue weighted by Gasteiger charge is -2.03. The summed E-state index contributed by atoms with van der Waals surface area (Å²) in [6.07, 6.45) is 2.06. The van der Waals surface area contributed by atoms with Crippen LogP contribution in [0.25, 0.3) is 22.0 Å². The number of aromatic amines is 1. The first-order chi connectivity index (χ1) is 8.24. The van der Waals surface area contributed by atoms with E-state index in [-0.39, 0.29) is 0 Å². The number of hydrogen-bond acceptors (Lipinski definition) is 0. The predicted octanol–water partition coefficient (Wildman–Crippen LogP) is 4.45. The molecule has 1 heterocycles. The van der Waals surface area contributed by atoms with Crippen LogP contribution in [0.15, 0.2) is 48.7 Å². The average molecular weight is 221 g/mol. The third-order valence-corrected chi connectivity index (χ3v) is 3.24. The van der Waals surface area contributed by atoms with Crippen molar-refractivity contribution in [2.75, 3.05) is 0 Å². The van der Waals surface area contributed by atoms with E-state index in [2.05, 4.69) is 67.5 Å². The monoisotopic (exact) mass is 221 g/mol. The molecule has 0 amide bonds. The van der Waals surface area contributed by atoms with Gasteiger partial charge in [-0.2, -0.15) is 0 Å². The van der Waals surface area contributed by atoms with Gasteiger partial charge in [0.25, 0.3) is 0 Å². The number of fused-ring (bicyclic) bond motifs is 1. The standard InChI is InChI=1S/C16H15N/c1-11-4-3-5-13(8-11)14-6-7-15-12(2)10-17-16(15)9-14/h3-10,17H,1-2H3. The lowest BCUT2D eigenvalue weighted by molar-refractivity contribution is 1.42. The Bertz CT molecular complexity index is 677. The first-order valence-electron chi connectivity index (χ1n) is 5.89. The van der Waals surface area contributed by atoms with Gasteiger partial charge in [-0.1, -0.05) is 42.0 Å². The summed E-state index contributed by atoms with van der Waals surface area (Å²) in [6, 6.07) is 15.2. The normalized spacial score (nSPS) is 10.9. The molecule has 1 heteroatoms. The number of benzene rings is 2. The minimum absolute atomic E-state index is 1.21. The van der Waals surface area contributed by atoms with E-state index in [4.69, 9.17) is 0 Å². The zero-order valence-corrected chi connectivity index (χ0v) is 10.1. The fourth-order valence-corrected chi connectivity index (χ4v) is 2.28. The highest BCUT2D eigenvalue weighted by molar-refractivity contribution is 5.87. The van der Waals surface area contributed by atoms with Crippen molar-refractivity contribution in [2.24, 2.45) is 0 Å². The molecule has 0 aliphatic rings. The highest BCUT2D eigenvalue weighted by Gasteiger charge is 2.02. The molecule has 0 radical (unpaired) electrons. The Morgan fingerprint density at radius 2 is 1.71 bits per heavy atom. The van der Waals surface area contributed by atoms with Crippen molar-refractivity contribution in [3.05, 3.63) is 59.8 Å². The summed E-state index contributed by atoms with van der Waals surface area (Å²) < 4.78 is 0. The lowest BCUT2D eigenvalue weighted by Crippen LogP contribution is -1.79. The van der Waals surface area contributed by atoms with Gasteiger partial charge >= 0.3 is 0 Å². The first kappa shape index (κ1) is 10.2. The van der Waals surface area contributed by atoms with Gasteiger partial charge in [0.2, 0.25) is 0 Å². The molecule has 0 saturated heterocycles. The minimum atomic E-state index is 1.21. The highest BCUT2D eigenvalue weighted by Crippen LogP contribution is 2.26. The van der Waals surface area contributed by atoms with E-state index in [1.165, 1.54) is 33.2 Å². The second kappa shape index (κ2) is 3.77. The maximum Gasteiger partial charge on any atom is 0.0462 e. The van der Waals surface area contributed by atoms with E-state index in [9.17, 15) is 0 Å². The molecule has 0 saturated carbocycles. The van der Waals surface area contributed by atoms with Crippen molar-refractivity contribution in [3.8, 4) is 11.1 Å². The number of aromatic nitrogens is 1. The average Bonchev–Trinajstić information content (AvgIpc) is 2.71. The van der Waals surface area contributed by atoms with E-state index in [0.29, 0.717) is 0 Å². The topological polar surface area (TPSA) is 15.8 Å². The third kappa shape index (κ3) is 1.74. The molecule has 0 spiro atoms. The molecular weight excluding hydrogens is 206 g/mol. The molecule has 0 bridgehead atoms. The van der Waals surface area contributed by atoms with Crippen LogP contribution in [0.5, 0.6) is 0 Å². The molecule has 3 aromatic rings. The van der Waals surface area contributed by atoms with Crippen LogP contribution in [0.1, 0.15) is 11.1 Å². The quantitative estimate of drug-likeness (QED) is 0.624. The van der Waals surface area contributed by atoms with E-state index < -0.39 is 0 Å². The van der Waals surface area contributed by atoms with Crippen LogP contribution < -0.4 is 0 Å². The molecule has 3 rings (SSSR count). The largest absolute Gasteiger partial charge is 0.361 e. The molecule has 0 aliphatic heterocycles. The maximum absolute atomic E-state index is 3.31. The SMILES string of the molecule is Cc1cccc(-c2ccc3c(C)c[nH]c3c2)c1. The van der Waals surface area contributed by atoms with Crippen molar-refractivity contribution >= 4 is 10.9 Å². The molecule has 84 valence electrons. The van der Waals surface area contributed by atoms with E-state index >= 15 is 0 Å². The van der Waals surface area contributed by atoms with Crippen molar-refractivity contribution in [1.29, 1.82) is 0 Å². The van der Waals surface area contributed by atoms with Gasteiger partial charge in [0.15, 0.2) is 0 Å². The molecule has 1 nitrogen and oxygen atoms in total. The Balaban J connectivity index is 2.18. The summed E-state index contributed by atoms with van der Waals surface area (Å²) in [5.41, 5.74) is 6.35.